The second-order valence-corrected chi connectivity index (χ2v) is 9.05. The first-order valence-electron chi connectivity index (χ1n) is 10.5. The highest BCUT2D eigenvalue weighted by molar-refractivity contribution is 6.30. The third-order valence-electron chi connectivity index (χ3n) is 6.93. The summed E-state index contributed by atoms with van der Waals surface area (Å²) in [7, 11) is 0. The monoisotopic (exact) mass is 400 g/mol. The summed E-state index contributed by atoms with van der Waals surface area (Å²) in [6, 6.07) is 7.72. The average molecular weight is 401 g/mol. The van der Waals surface area contributed by atoms with Gasteiger partial charge in [0.25, 0.3) is 0 Å². The van der Waals surface area contributed by atoms with Crippen molar-refractivity contribution in [1.29, 1.82) is 5.26 Å². The highest BCUT2D eigenvalue weighted by Crippen LogP contribution is 2.46. The van der Waals surface area contributed by atoms with Crippen LogP contribution < -0.4 is 4.90 Å². The quantitative estimate of drug-likeness (QED) is 0.775. The van der Waals surface area contributed by atoms with E-state index < -0.39 is 0 Å². The molecular formula is C22H29ClN4O. The molecule has 1 aromatic rings. The first-order valence-corrected chi connectivity index (χ1v) is 10.9. The molecule has 3 fully saturated rings. The molecule has 5 nitrogen and oxygen atoms in total. The molecule has 0 bridgehead atoms. The van der Waals surface area contributed by atoms with Gasteiger partial charge in [-0.05, 0) is 42.9 Å². The van der Waals surface area contributed by atoms with Crippen molar-refractivity contribution < 1.29 is 4.79 Å². The molecule has 3 aliphatic rings. The maximum Gasteiger partial charge on any atom is 0.223 e. The van der Waals surface area contributed by atoms with E-state index in [1.807, 2.05) is 6.07 Å². The van der Waals surface area contributed by atoms with Gasteiger partial charge in [0.15, 0.2) is 0 Å². The smallest absolute Gasteiger partial charge is 0.223 e. The lowest BCUT2D eigenvalue weighted by Crippen LogP contribution is -2.50. The van der Waals surface area contributed by atoms with Gasteiger partial charge in [0, 0.05) is 57.3 Å². The Bertz CT molecular complexity index is 760. The second kappa shape index (κ2) is 8.31. The topological polar surface area (TPSA) is 50.6 Å². The van der Waals surface area contributed by atoms with Crippen molar-refractivity contribution in [3.8, 4) is 6.07 Å². The number of carbonyl (C=O) groups excluding carboxylic acids is 1. The number of hydrogen-bond donors (Lipinski definition) is 0. The number of benzene rings is 1. The van der Waals surface area contributed by atoms with Crippen LogP contribution in [0.15, 0.2) is 18.2 Å². The maximum absolute atomic E-state index is 12.6. The Morgan fingerprint density at radius 3 is 2.46 bits per heavy atom. The van der Waals surface area contributed by atoms with Gasteiger partial charge in [-0.1, -0.05) is 24.4 Å². The predicted molar refractivity (Wildman–Crippen MR) is 112 cm³/mol. The molecule has 0 atom stereocenters. The number of anilines is 1. The van der Waals surface area contributed by atoms with Gasteiger partial charge in [-0.2, -0.15) is 5.26 Å². The number of piperidine rings is 1. The van der Waals surface area contributed by atoms with E-state index in [1.54, 1.807) is 12.1 Å². The molecule has 4 rings (SSSR count). The number of nitriles is 1. The summed E-state index contributed by atoms with van der Waals surface area (Å²) < 4.78 is 0. The van der Waals surface area contributed by atoms with Gasteiger partial charge >= 0.3 is 0 Å². The molecule has 0 unspecified atom stereocenters. The zero-order valence-electron chi connectivity index (χ0n) is 16.5. The highest BCUT2D eigenvalue weighted by atomic mass is 35.5. The zero-order chi connectivity index (χ0) is 19.6. The Kier molecular flexibility index (Phi) is 5.80. The minimum Gasteiger partial charge on any atom is -0.368 e. The highest BCUT2D eigenvalue weighted by Gasteiger charge is 2.40. The molecule has 1 amide bonds. The van der Waals surface area contributed by atoms with Crippen LogP contribution in [0, 0.1) is 16.7 Å². The first kappa shape index (κ1) is 19.5. The molecule has 28 heavy (non-hydrogen) atoms. The number of nitrogens with zero attached hydrogens (tertiary/aromatic N) is 4. The molecule has 150 valence electrons. The van der Waals surface area contributed by atoms with Gasteiger partial charge in [-0.15, -0.1) is 0 Å². The Balaban J connectivity index is 1.26. The van der Waals surface area contributed by atoms with E-state index in [1.165, 1.54) is 32.1 Å². The van der Waals surface area contributed by atoms with Crippen LogP contribution in [0.2, 0.25) is 5.02 Å². The van der Waals surface area contributed by atoms with Crippen molar-refractivity contribution in [3.05, 3.63) is 28.8 Å². The van der Waals surface area contributed by atoms with Gasteiger partial charge in [0.1, 0.15) is 6.07 Å². The third-order valence-corrected chi connectivity index (χ3v) is 7.17. The van der Waals surface area contributed by atoms with Crippen molar-refractivity contribution in [2.75, 3.05) is 50.7 Å². The van der Waals surface area contributed by atoms with E-state index in [4.69, 9.17) is 11.6 Å². The molecule has 2 aliphatic heterocycles. The Morgan fingerprint density at radius 2 is 1.79 bits per heavy atom. The number of halogens is 1. The fourth-order valence-corrected chi connectivity index (χ4v) is 5.31. The van der Waals surface area contributed by atoms with Crippen LogP contribution in [0.1, 0.15) is 44.1 Å². The van der Waals surface area contributed by atoms with E-state index >= 15 is 0 Å². The fraction of sp³-hybridized carbons (Fsp3) is 0.636. The summed E-state index contributed by atoms with van der Waals surface area (Å²) >= 11 is 6.13. The first-order chi connectivity index (χ1) is 13.6. The molecule has 1 aromatic carbocycles. The van der Waals surface area contributed by atoms with Crippen LogP contribution in [-0.2, 0) is 4.79 Å². The lowest BCUT2D eigenvalue weighted by atomic mass is 9.77. The fourth-order valence-electron chi connectivity index (χ4n) is 5.14. The molecule has 1 aliphatic carbocycles. The van der Waals surface area contributed by atoms with Crippen molar-refractivity contribution in [2.45, 2.75) is 38.5 Å². The van der Waals surface area contributed by atoms with Crippen molar-refractivity contribution in [3.63, 3.8) is 0 Å². The second-order valence-electron chi connectivity index (χ2n) is 8.62. The third kappa shape index (κ3) is 4.14. The lowest BCUT2D eigenvalue weighted by Gasteiger charge is -2.41. The normalized spacial score (nSPS) is 22.6. The van der Waals surface area contributed by atoms with Crippen molar-refractivity contribution >= 4 is 23.2 Å². The summed E-state index contributed by atoms with van der Waals surface area (Å²) in [6.07, 6.45) is 7.07. The number of carbonyl (C=O) groups is 1. The minimum atomic E-state index is 0.342. The lowest BCUT2D eigenvalue weighted by molar-refractivity contribution is -0.138. The Labute approximate surface area is 172 Å². The predicted octanol–water partition coefficient (Wildman–Crippen LogP) is 3.52. The molecule has 1 spiro atoms. The summed E-state index contributed by atoms with van der Waals surface area (Å²) in [4.78, 5) is 19.4. The largest absolute Gasteiger partial charge is 0.368 e. The van der Waals surface area contributed by atoms with Crippen LogP contribution in [-0.4, -0.2) is 61.5 Å². The van der Waals surface area contributed by atoms with Crippen molar-refractivity contribution in [1.82, 2.24) is 9.80 Å². The number of amides is 1. The van der Waals surface area contributed by atoms with Gasteiger partial charge in [-0.3, -0.25) is 9.69 Å². The number of hydrogen-bond acceptors (Lipinski definition) is 4. The van der Waals surface area contributed by atoms with Crippen LogP contribution >= 0.6 is 11.6 Å². The molecular weight excluding hydrogens is 372 g/mol. The summed E-state index contributed by atoms with van der Waals surface area (Å²) in [5, 5.41) is 10.0. The van der Waals surface area contributed by atoms with Crippen LogP contribution in [0.3, 0.4) is 0 Å². The van der Waals surface area contributed by atoms with E-state index in [-0.39, 0.29) is 0 Å². The molecule has 6 heteroatoms. The SMILES string of the molecule is N#Cc1ccc(Cl)cc1N1CCN(CCN2CCC3(CCCC3)CC2=O)CC1. The van der Waals surface area contributed by atoms with Crippen molar-refractivity contribution in [2.24, 2.45) is 5.41 Å². The van der Waals surface area contributed by atoms with E-state index in [0.29, 0.717) is 21.9 Å². The van der Waals surface area contributed by atoms with Gasteiger partial charge in [0.2, 0.25) is 5.91 Å². The zero-order valence-corrected chi connectivity index (χ0v) is 17.3. The van der Waals surface area contributed by atoms with Gasteiger partial charge in [-0.25, -0.2) is 0 Å². The summed E-state index contributed by atoms with van der Waals surface area (Å²) in [5.41, 5.74) is 1.95. The van der Waals surface area contributed by atoms with Gasteiger partial charge < -0.3 is 9.80 Å². The standard InChI is InChI=1S/C22H29ClN4O/c23-19-4-3-18(17-24)20(15-19)26-12-9-25(10-13-26)11-14-27-8-7-22(16-21(27)28)5-1-2-6-22/h3-4,15H,1-2,5-14,16H2. The Hall–Kier alpha value is -1.77. The van der Waals surface area contributed by atoms with E-state index in [2.05, 4.69) is 20.8 Å². The number of piperazine rings is 1. The number of likely N-dealkylation sites (tertiary alicyclic amines) is 1. The average Bonchev–Trinajstić information content (AvgIpc) is 3.15. The minimum absolute atomic E-state index is 0.342. The molecule has 1 saturated carbocycles. The van der Waals surface area contributed by atoms with Crippen LogP contribution in [0.4, 0.5) is 5.69 Å². The van der Waals surface area contributed by atoms with Crippen LogP contribution in [0.25, 0.3) is 0 Å². The van der Waals surface area contributed by atoms with E-state index in [0.717, 1.165) is 57.9 Å². The summed E-state index contributed by atoms with van der Waals surface area (Å²) in [6.45, 7) is 6.38. The number of rotatable bonds is 4. The van der Waals surface area contributed by atoms with E-state index in [9.17, 15) is 10.1 Å². The Morgan fingerprint density at radius 1 is 1.04 bits per heavy atom. The maximum atomic E-state index is 12.6. The molecule has 2 saturated heterocycles. The van der Waals surface area contributed by atoms with Gasteiger partial charge in [0.05, 0.1) is 11.3 Å². The molecule has 2 heterocycles. The molecule has 0 radical (unpaired) electrons. The van der Waals surface area contributed by atoms with Crippen LogP contribution in [0.5, 0.6) is 0 Å². The molecule has 0 N–H and O–H groups in total. The molecule has 0 aromatic heterocycles. The summed E-state index contributed by atoms with van der Waals surface area (Å²) in [5.74, 6) is 0.365.